The molecule has 2 amide bonds. The van der Waals surface area contributed by atoms with Gasteiger partial charge in [-0.05, 0) is 59.7 Å². The molecule has 6 rings (SSSR count). The van der Waals surface area contributed by atoms with E-state index in [2.05, 4.69) is 0 Å². The number of hydrogen-bond donors (Lipinski definition) is 8. The van der Waals surface area contributed by atoms with Crippen molar-refractivity contribution < 1.29 is 78.6 Å². The van der Waals surface area contributed by atoms with Gasteiger partial charge in [-0.3, -0.25) is 39.4 Å². The molecule has 24 nitrogen and oxygen atoms in total. The fraction of sp³-hybridized carbons (Fsp3) is 0.417. The fourth-order valence-electron chi connectivity index (χ4n) is 7.42. The van der Waals surface area contributed by atoms with Gasteiger partial charge in [-0.1, -0.05) is 13.8 Å². The van der Waals surface area contributed by atoms with Crippen molar-refractivity contribution in [2.75, 3.05) is 54.7 Å². The van der Waals surface area contributed by atoms with Crippen LogP contribution in [0.1, 0.15) is 48.3 Å². The molecule has 72 heavy (non-hydrogen) atoms. The maximum Gasteiger partial charge on any atom is 0.309 e. The number of carboxylic acids is 2. The lowest BCUT2D eigenvalue weighted by atomic mass is 9.98. The quantitative estimate of drug-likeness (QED) is 0.0524. The number of rotatable bonds is 18. The van der Waals surface area contributed by atoms with Crippen molar-refractivity contribution in [1.82, 2.24) is 9.80 Å². The minimum atomic E-state index is -1.02. The number of likely N-dealkylation sites (tertiary alicyclic amines) is 2. The van der Waals surface area contributed by atoms with Gasteiger partial charge in [0, 0.05) is 73.7 Å². The van der Waals surface area contributed by atoms with E-state index in [0.717, 1.165) is 11.1 Å². The van der Waals surface area contributed by atoms with E-state index in [1.165, 1.54) is 48.5 Å². The number of nitro benzene ring substituents is 2. The minimum Gasteiger partial charge on any atom is -0.497 e. The van der Waals surface area contributed by atoms with Gasteiger partial charge in [-0.2, -0.15) is 0 Å². The number of carbonyl (C=O) groups is 4. The average molecular weight is 1010 g/mol. The third kappa shape index (κ3) is 15.8. The predicted molar refractivity (Wildman–Crippen MR) is 257 cm³/mol. The van der Waals surface area contributed by atoms with Crippen LogP contribution in [0.5, 0.6) is 23.0 Å². The first-order chi connectivity index (χ1) is 34.1. The zero-order chi connectivity index (χ0) is 54.0. The summed E-state index contributed by atoms with van der Waals surface area (Å²) in [4.78, 5) is 69.3. The van der Waals surface area contributed by atoms with Crippen molar-refractivity contribution in [2.45, 2.75) is 51.2 Å². The third-order valence-corrected chi connectivity index (χ3v) is 11.9. The minimum absolute atomic E-state index is 0.0523. The normalized spacial score (nSPS) is 18.6. The van der Waals surface area contributed by atoms with E-state index in [-0.39, 0.29) is 49.5 Å². The fourth-order valence-corrected chi connectivity index (χ4v) is 7.42. The Hall–Kier alpha value is -7.48. The number of aliphatic hydroxyl groups excluding tert-OH is 4. The van der Waals surface area contributed by atoms with E-state index in [1.807, 2.05) is 12.1 Å². The van der Waals surface area contributed by atoms with E-state index >= 15 is 0 Å². The Morgan fingerprint density at radius 1 is 0.611 bits per heavy atom. The van der Waals surface area contributed by atoms with Gasteiger partial charge in [0.25, 0.3) is 11.4 Å². The SMILES string of the molecule is COc1ccc(CN2CC(C(=O)O)C(C)C2=O)c(OC)c1.COc1ccc(CN2C[C@H](C(=O)O)[C@@H](C)C2=O)c(OC)c1.N[C@H](CO)[C@H](O)c1ccc([N+](=O)[O-])cc1.N[C@H](CO)[C@H](O)c1ccc([N+](=O)[O-])cc1. The molecule has 24 heteroatoms. The summed E-state index contributed by atoms with van der Waals surface area (Å²) in [5.74, 6) is -1.86. The number of benzene rings is 4. The Kier molecular flexibility index (Phi) is 22.7. The van der Waals surface area contributed by atoms with Gasteiger partial charge < -0.3 is 70.9 Å². The molecular weight excluding hydrogens is 949 g/mol. The van der Waals surface area contributed by atoms with E-state index in [1.54, 1.807) is 76.4 Å². The number of aliphatic hydroxyl groups is 4. The number of methoxy groups -OCH3 is 4. The molecule has 2 aliphatic rings. The summed E-state index contributed by atoms with van der Waals surface area (Å²) in [7, 11) is 6.23. The Labute approximate surface area is 414 Å². The summed E-state index contributed by atoms with van der Waals surface area (Å²) in [6.45, 7) is 3.74. The van der Waals surface area contributed by atoms with Crippen LogP contribution < -0.4 is 30.4 Å². The van der Waals surface area contributed by atoms with Gasteiger partial charge in [0.2, 0.25) is 11.8 Å². The van der Waals surface area contributed by atoms with Gasteiger partial charge in [-0.25, -0.2) is 0 Å². The monoisotopic (exact) mass is 1010 g/mol. The van der Waals surface area contributed by atoms with E-state index in [9.17, 15) is 49.6 Å². The molecule has 2 fully saturated rings. The van der Waals surface area contributed by atoms with Crippen LogP contribution in [0.3, 0.4) is 0 Å². The molecule has 8 atom stereocenters. The van der Waals surface area contributed by atoms with Gasteiger partial charge in [0.05, 0.1) is 99.5 Å². The lowest BCUT2D eigenvalue weighted by Crippen LogP contribution is -2.31. The maximum absolute atomic E-state index is 12.1. The van der Waals surface area contributed by atoms with Crippen LogP contribution in [0, 0.1) is 43.9 Å². The van der Waals surface area contributed by atoms with Crippen molar-refractivity contribution in [3.8, 4) is 23.0 Å². The van der Waals surface area contributed by atoms with E-state index < -0.39 is 69.7 Å². The third-order valence-electron chi connectivity index (χ3n) is 11.9. The highest BCUT2D eigenvalue weighted by molar-refractivity contribution is 5.89. The number of carboxylic acid groups (broad SMARTS) is 2. The summed E-state index contributed by atoms with van der Waals surface area (Å²) >= 11 is 0. The van der Waals surface area contributed by atoms with Crippen LogP contribution in [-0.4, -0.2) is 141 Å². The van der Waals surface area contributed by atoms with E-state index in [0.29, 0.717) is 47.2 Å². The van der Waals surface area contributed by atoms with Gasteiger partial charge >= 0.3 is 11.9 Å². The van der Waals surface area contributed by atoms with Crippen molar-refractivity contribution in [3.05, 3.63) is 127 Å². The number of nitrogens with zero attached hydrogens (tertiary/aromatic N) is 4. The Balaban J connectivity index is 0.000000257. The van der Waals surface area contributed by atoms with Gasteiger partial charge in [0.15, 0.2) is 0 Å². The number of hydrogen-bond acceptors (Lipinski definition) is 18. The Bertz CT molecular complexity index is 2290. The molecule has 0 aromatic heterocycles. The average Bonchev–Trinajstić information content (AvgIpc) is 3.84. The standard InChI is InChI=1S/2C15H19NO5.2C9H12N2O4/c2*1-9-12(15(18)19)8-16(14(9)17)7-10-4-5-11(20-2)6-13(10)21-3;2*10-8(5-12)9(13)6-1-3-7(4-2-6)11(14)15/h2*4-6,9,12H,7-8H2,1-3H3,(H,18,19);2*1-4,8-9,12-13H,5,10H2/t9-,12+;;2*8-,9-/m1.11/s1. The second-order valence-electron chi connectivity index (χ2n) is 16.5. The second kappa shape index (κ2) is 27.8. The molecule has 0 radical (unpaired) electrons. The topological polar surface area (TPSA) is 371 Å². The number of non-ortho nitro benzene ring substituents is 2. The zero-order valence-electron chi connectivity index (χ0n) is 40.5. The lowest BCUT2D eigenvalue weighted by molar-refractivity contribution is -0.385. The molecule has 0 aliphatic carbocycles. The summed E-state index contributed by atoms with van der Waals surface area (Å²) in [5, 5.41) is 75.5. The van der Waals surface area contributed by atoms with Gasteiger partial charge in [0.1, 0.15) is 23.0 Å². The van der Waals surface area contributed by atoms with Crippen LogP contribution in [0.4, 0.5) is 11.4 Å². The first kappa shape index (κ1) is 58.8. The number of nitro groups is 2. The Morgan fingerprint density at radius 3 is 1.17 bits per heavy atom. The van der Waals surface area contributed by atoms with Crippen molar-refractivity contribution in [2.24, 2.45) is 35.1 Å². The van der Waals surface area contributed by atoms with Crippen molar-refractivity contribution >= 4 is 35.1 Å². The molecule has 2 unspecified atom stereocenters. The van der Waals surface area contributed by atoms with Crippen LogP contribution >= 0.6 is 0 Å². The number of amides is 2. The molecule has 0 saturated carbocycles. The number of aliphatic carboxylic acids is 2. The summed E-state index contributed by atoms with van der Waals surface area (Å²) in [5.41, 5.74) is 13.3. The van der Waals surface area contributed by atoms with Crippen molar-refractivity contribution in [1.29, 1.82) is 0 Å². The number of carbonyl (C=O) groups excluding carboxylic acids is 2. The lowest BCUT2D eigenvalue weighted by Gasteiger charge is -2.18. The van der Waals surface area contributed by atoms with Crippen LogP contribution in [0.25, 0.3) is 0 Å². The molecule has 392 valence electrons. The first-order valence-corrected chi connectivity index (χ1v) is 22.1. The molecule has 0 spiro atoms. The molecule has 2 aliphatic heterocycles. The number of nitrogens with two attached hydrogens (primary N) is 2. The molecule has 10 N–H and O–H groups in total. The largest absolute Gasteiger partial charge is 0.497 e. The summed E-state index contributed by atoms with van der Waals surface area (Å²) < 4.78 is 20.9. The van der Waals surface area contributed by atoms with Gasteiger partial charge in [-0.15, -0.1) is 0 Å². The maximum atomic E-state index is 12.1. The molecule has 4 aromatic carbocycles. The smallest absolute Gasteiger partial charge is 0.309 e. The predicted octanol–water partition coefficient (Wildman–Crippen LogP) is 2.66. The van der Waals surface area contributed by atoms with Crippen LogP contribution in [0.2, 0.25) is 0 Å². The molecule has 2 heterocycles. The highest BCUT2D eigenvalue weighted by Crippen LogP contribution is 2.32. The summed E-state index contributed by atoms with van der Waals surface area (Å²) in [6, 6.07) is 19.9. The molecule has 0 bridgehead atoms. The van der Waals surface area contributed by atoms with E-state index in [4.69, 9.17) is 50.8 Å². The highest BCUT2D eigenvalue weighted by atomic mass is 16.6. The molecule has 2 saturated heterocycles. The van der Waals surface area contributed by atoms with Crippen molar-refractivity contribution in [3.63, 3.8) is 0 Å². The zero-order valence-corrected chi connectivity index (χ0v) is 40.5. The Morgan fingerprint density at radius 2 is 0.931 bits per heavy atom. The highest BCUT2D eigenvalue weighted by Gasteiger charge is 2.42. The summed E-state index contributed by atoms with van der Waals surface area (Å²) in [6.07, 6.45) is -2.04. The molecular formula is C48H62N6O18. The van der Waals surface area contributed by atoms with Crippen LogP contribution in [-0.2, 0) is 32.3 Å². The second-order valence-corrected chi connectivity index (χ2v) is 16.5. The molecule has 4 aromatic rings. The number of ether oxygens (including phenoxy) is 4. The first-order valence-electron chi connectivity index (χ1n) is 22.1. The van der Waals surface area contributed by atoms with Crippen LogP contribution in [0.15, 0.2) is 84.9 Å².